The van der Waals surface area contributed by atoms with Gasteiger partial charge in [0.2, 0.25) is 0 Å². The van der Waals surface area contributed by atoms with Gasteiger partial charge >= 0.3 is 0 Å². The summed E-state index contributed by atoms with van der Waals surface area (Å²) in [6.45, 7) is 4.79. The summed E-state index contributed by atoms with van der Waals surface area (Å²) < 4.78 is 2.50. The second-order valence-corrected chi connectivity index (χ2v) is 14.3. The molecule has 2 amide bonds. The molecule has 1 aromatic heterocycles. The van der Waals surface area contributed by atoms with Crippen LogP contribution in [0, 0.1) is 5.92 Å². The summed E-state index contributed by atoms with van der Waals surface area (Å²) in [6.07, 6.45) is 8.23. The lowest BCUT2D eigenvalue weighted by Gasteiger charge is -2.39. The molecule has 2 fully saturated rings. The van der Waals surface area contributed by atoms with Crippen LogP contribution in [0.2, 0.25) is 0 Å². The first-order valence-corrected chi connectivity index (χ1v) is 18.0. The quantitative estimate of drug-likeness (QED) is 0.192. The lowest BCUT2D eigenvalue weighted by atomic mass is 9.83. The normalized spacial score (nSPS) is 20.8. The van der Waals surface area contributed by atoms with Gasteiger partial charge in [-0.15, -0.1) is 5.10 Å². The minimum absolute atomic E-state index is 0.0229. The zero-order chi connectivity index (χ0) is 34.9. The Labute approximate surface area is 300 Å². The highest BCUT2D eigenvalue weighted by Gasteiger charge is 2.54. The minimum Gasteiger partial charge on any atom is -0.396 e. The van der Waals surface area contributed by atoms with Gasteiger partial charge in [0, 0.05) is 53.1 Å². The summed E-state index contributed by atoms with van der Waals surface area (Å²) >= 11 is 3.54. The summed E-state index contributed by atoms with van der Waals surface area (Å²) in [4.78, 5) is 34.0. The van der Waals surface area contributed by atoms with Gasteiger partial charge in [-0.1, -0.05) is 70.6 Å². The van der Waals surface area contributed by atoms with E-state index in [0.29, 0.717) is 37.3 Å². The van der Waals surface area contributed by atoms with Crippen LogP contribution in [0.1, 0.15) is 43.0 Å². The van der Waals surface area contributed by atoms with Crippen molar-refractivity contribution in [1.29, 1.82) is 0 Å². The molecule has 4 heterocycles. The van der Waals surface area contributed by atoms with Crippen molar-refractivity contribution in [2.24, 2.45) is 5.92 Å². The lowest BCUT2D eigenvalue weighted by Crippen LogP contribution is -2.55. The molecule has 7 rings (SSSR count). The van der Waals surface area contributed by atoms with Gasteiger partial charge in [0.1, 0.15) is 5.54 Å². The van der Waals surface area contributed by atoms with E-state index in [4.69, 9.17) is 5.11 Å². The van der Waals surface area contributed by atoms with Crippen LogP contribution in [0.3, 0.4) is 0 Å². The Bertz CT molecular complexity index is 1880. The third-order valence-corrected chi connectivity index (χ3v) is 10.8. The molecular weight excluding hydrogens is 698 g/mol. The molecule has 50 heavy (non-hydrogen) atoms. The molecule has 0 bridgehead atoms. The fourth-order valence-corrected chi connectivity index (χ4v) is 7.89. The Kier molecular flexibility index (Phi) is 9.62. The number of benzene rings is 3. The number of carbonyl (C=O) groups is 2. The molecular formula is C38H42BrN7O4. The average molecular weight is 741 g/mol. The molecule has 12 heteroatoms. The van der Waals surface area contributed by atoms with Crippen molar-refractivity contribution in [2.75, 3.05) is 41.1 Å². The molecule has 2 atom stereocenters. The maximum absolute atomic E-state index is 14.1. The second kappa shape index (κ2) is 14.1. The van der Waals surface area contributed by atoms with E-state index < -0.39 is 17.1 Å². The predicted molar refractivity (Wildman–Crippen MR) is 196 cm³/mol. The summed E-state index contributed by atoms with van der Waals surface area (Å²) in [5, 5.41) is 32.8. The predicted octanol–water partition coefficient (Wildman–Crippen LogP) is 4.53. The first kappa shape index (κ1) is 34.1. The molecule has 3 N–H and O–H groups in total. The minimum atomic E-state index is -1.75. The fraction of sp³-hybridized carbons (Fsp3) is 0.368. The van der Waals surface area contributed by atoms with Crippen LogP contribution >= 0.6 is 15.9 Å². The Morgan fingerprint density at radius 2 is 1.76 bits per heavy atom. The summed E-state index contributed by atoms with van der Waals surface area (Å²) in [5.74, 6) is -0.769. The van der Waals surface area contributed by atoms with Crippen molar-refractivity contribution in [1.82, 2.24) is 20.3 Å². The molecule has 2 saturated heterocycles. The van der Waals surface area contributed by atoms with E-state index in [0.717, 1.165) is 53.0 Å². The van der Waals surface area contributed by atoms with E-state index in [1.165, 1.54) is 0 Å². The maximum atomic E-state index is 14.1. The topological polar surface area (TPSA) is 127 Å². The molecule has 0 unspecified atom stereocenters. The van der Waals surface area contributed by atoms with Gasteiger partial charge < -0.3 is 25.3 Å². The number of aromatic nitrogens is 3. The van der Waals surface area contributed by atoms with Gasteiger partial charge in [-0.05, 0) is 80.4 Å². The number of hydrogen-bond donors (Lipinski definition) is 3. The van der Waals surface area contributed by atoms with E-state index in [1.54, 1.807) is 9.58 Å². The molecule has 3 aromatic carbocycles. The highest BCUT2D eigenvalue weighted by molar-refractivity contribution is 9.10. The average Bonchev–Trinajstić information content (AvgIpc) is 3.76. The zero-order valence-electron chi connectivity index (χ0n) is 28.1. The van der Waals surface area contributed by atoms with E-state index >= 15 is 0 Å². The van der Waals surface area contributed by atoms with Crippen molar-refractivity contribution < 1.29 is 19.8 Å². The Morgan fingerprint density at radius 1 is 1.00 bits per heavy atom. The number of halogens is 1. The first-order chi connectivity index (χ1) is 24.2. The van der Waals surface area contributed by atoms with E-state index in [2.05, 4.69) is 48.6 Å². The number of nitrogens with zero attached hydrogens (tertiary/aromatic N) is 6. The molecule has 0 radical (unpaired) electrons. The number of rotatable bonds is 11. The Balaban J connectivity index is 1.08. The number of hydrogen-bond acceptors (Lipinski definition) is 8. The highest BCUT2D eigenvalue weighted by atomic mass is 79.9. The largest absolute Gasteiger partial charge is 0.396 e. The molecule has 11 nitrogen and oxygen atoms in total. The third-order valence-electron chi connectivity index (χ3n) is 10.3. The summed E-state index contributed by atoms with van der Waals surface area (Å²) in [5.41, 5.74) is 2.38. The number of anilines is 3. The van der Waals surface area contributed by atoms with Gasteiger partial charge in [-0.2, -0.15) is 0 Å². The monoisotopic (exact) mass is 739 g/mol. The van der Waals surface area contributed by atoms with Crippen LogP contribution in [0.5, 0.6) is 0 Å². The first-order valence-electron chi connectivity index (χ1n) is 17.2. The van der Waals surface area contributed by atoms with Crippen molar-refractivity contribution in [3.63, 3.8) is 0 Å². The zero-order valence-corrected chi connectivity index (χ0v) is 29.7. The van der Waals surface area contributed by atoms with Crippen LogP contribution < -0.4 is 20.0 Å². The van der Waals surface area contributed by atoms with Crippen LogP contribution in [0.15, 0.2) is 95.6 Å². The molecule has 3 aliphatic rings. The van der Waals surface area contributed by atoms with Crippen LogP contribution in [-0.4, -0.2) is 68.9 Å². The van der Waals surface area contributed by atoms with Crippen molar-refractivity contribution >= 4 is 44.8 Å². The maximum Gasteiger partial charge on any atom is 0.264 e. The number of fused-ring (bicyclic) bond motifs is 1. The molecule has 0 aliphatic carbocycles. The Morgan fingerprint density at radius 3 is 2.50 bits per heavy atom. The smallest absolute Gasteiger partial charge is 0.264 e. The molecule has 0 saturated carbocycles. The second-order valence-electron chi connectivity index (χ2n) is 13.4. The van der Waals surface area contributed by atoms with Crippen molar-refractivity contribution in [3.8, 4) is 0 Å². The number of aliphatic hydroxyl groups is 2. The van der Waals surface area contributed by atoms with Gasteiger partial charge in [0.05, 0.1) is 24.6 Å². The Hall–Kier alpha value is -4.36. The van der Waals surface area contributed by atoms with E-state index in [1.807, 2.05) is 90.8 Å². The number of nitrogens with one attached hydrogen (secondary N) is 1. The van der Waals surface area contributed by atoms with Crippen molar-refractivity contribution in [3.05, 3.63) is 112 Å². The number of carbonyl (C=O) groups excluding carboxylic acids is 2. The number of allylic oxidation sites excluding steroid dienone is 1. The number of piperidine rings is 1. The number of para-hydroxylation sites is 1. The van der Waals surface area contributed by atoms with Crippen LogP contribution in [-0.2, 0) is 34.7 Å². The SMILES string of the molecule is C[C@H](/C=C/CCn1cc(CCO)nn1)[C@@]1(O)C(=O)N(Cc2ccc(N3CN(c4ccccc4)C4(CCNCC4)C3=O)cc2)c2ccc(Br)cc21. The van der Waals surface area contributed by atoms with E-state index in [9.17, 15) is 14.7 Å². The number of aryl methyl sites for hydroxylation is 1. The molecule has 1 spiro atoms. The van der Waals surface area contributed by atoms with Crippen LogP contribution in [0.4, 0.5) is 17.1 Å². The number of amides is 2. The molecule has 3 aliphatic heterocycles. The van der Waals surface area contributed by atoms with Gasteiger partial charge in [-0.25, -0.2) is 0 Å². The third kappa shape index (κ3) is 6.14. The van der Waals surface area contributed by atoms with E-state index in [-0.39, 0.29) is 25.0 Å². The highest BCUT2D eigenvalue weighted by Crippen LogP contribution is 2.47. The molecule has 260 valence electrons. The summed E-state index contributed by atoms with van der Waals surface area (Å²) in [7, 11) is 0. The van der Waals surface area contributed by atoms with Gasteiger partial charge in [-0.3, -0.25) is 19.2 Å². The van der Waals surface area contributed by atoms with Crippen LogP contribution in [0.25, 0.3) is 0 Å². The summed E-state index contributed by atoms with van der Waals surface area (Å²) in [6, 6.07) is 23.6. The standard InChI is InChI=1S/C38H42BrN7O4/c1-27(7-5-6-21-43-25-30(16-22-47)41-42-43)38(50)33-23-29(39)12-15-34(33)44(36(38)49)24-28-10-13-31(14-11-28)45-26-46(32-8-3-2-4-9-32)37(35(45)48)17-19-40-20-18-37/h2-5,7-15,23,25,27,40,47,50H,6,16-22,24,26H2,1H3/b7-5+/t27-,38+/m1/s1. The van der Waals surface area contributed by atoms with Gasteiger partial charge in [0.25, 0.3) is 11.8 Å². The lowest BCUT2D eigenvalue weighted by molar-refractivity contribution is -0.139. The fourth-order valence-electron chi connectivity index (χ4n) is 7.53. The number of aliphatic hydroxyl groups excluding tert-OH is 1. The molecule has 4 aromatic rings. The van der Waals surface area contributed by atoms with Crippen molar-refractivity contribution in [2.45, 2.75) is 56.8 Å². The van der Waals surface area contributed by atoms with Gasteiger partial charge in [0.15, 0.2) is 5.60 Å².